The minimum absolute atomic E-state index is 0.0453. The molecule has 2 rings (SSSR count). The number of phenols is 2. The zero-order valence-corrected chi connectivity index (χ0v) is 11.6. The molecule has 0 aliphatic rings. The highest BCUT2D eigenvalue weighted by atomic mass is 79.9. The van der Waals surface area contributed by atoms with Crippen LogP contribution in [0, 0.1) is 10.1 Å². The van der Waals surface area contributed by atoms with E-state index in [4.69, 9.17) is 0 Å². The van der Waals surface area contributed by atoms with E-state index in [1.165, 1.54) is 30.5 Å². The van der Waals surface area contributed by atoms with Crippen molar-refractivity contribution in [1.29, 1.82) is 0 Å². The zero-order valence-electron chi connectivity index (χ0n) is 10.0. The summed E-state index contributed by atoms with van der Waals surface area (Å²) in [5, 5.41) is 29.6. The lowest BCUT2D eigenvalue weighted by Gasteiger charge is -2.01. The van der Waals surface area contributed by atoms with Crippen molar-refractivity contribution in [2.24, 2.45) is 4.99 Å². The summed E-state index contributed by atoms with van der Waals surface area (Å²) in [5.74, 6) is -0.508. The summed E-state index contributed by atoms with van der Waals surface area (Å²) in [6.45, 7) is 0. The number of non-ortho nitro benzene ring substituents is 1. The van der Waals surface area contributed by atoms with Crippen LogP contribution in [0.5, 0.6) is 11.5 Å². The molecule has 0 aliphatic carbocycles. The number of hydrogen-bond acceptors (Lipinski definition) is 5. The van der Waals surface area contributed by atoms with Crippen LogP contribution in [0.25, 0.3) is 0 Å². The molecule has 0 aliphatic heterocycles. The van der Waals surface area contributed by atoms with E-state index in [9.17, 15) is 20.3 Å². The van der Waals surface area contributed by atoms with Gasteiger partial charge in [0.25, 0.3) is 5.69 Å². The number of nitrogens with zero attached hydrogens (tertiary/aromatic N) is 2. The molecule has 0 fully saturated rings. The molecule has 0 spiro atoms. The summed E-state index contributed by atoms with van der Waals surface area (Å²) < 4.78 is 0.461. The number of nitro benzene ring substituents is 1. The van der Waals surface area contributed by atoms with Crippen LogP contribution in [-0.4, -0.2) is 21.4 Å². The minimum atomic E-state index is -0.501. The average Bonchev–Trinajstić information content (AvgIpc) is 2.41. The number of aliphatic imine (C=N–C) groups is 1. The van der Waals surface area contributed by atoms with Gasteiger partial charge in [-0.15, -0.1) is 0 Å². The fraction of sp³-hybridized carbons (Fsp3) is 0. The highest BCUT2D eigenvalue weighted by Gasteiger charge is 2.08. The largest absolute Gasteiger partial charge is 0.504 e. The predicted molar refractivity (Wildman–Crippen MR) is 77.8 cm³/mol. The fourth-order valence-corrected chi connectivity index (χ4v) is 1.98. The number of hydrogen-bond donors (Lipinski definition) is 2. The summed E-state index contributed by atoms with van der Waals surface area (Å²) in [5.41, 5.74) is 0.768. The zero-order chi connectivity index (χ0) is 14.7. The van der Waals surface area contributed by atoms with E-state index in [1.807, 2.05) is 0 Å². The topological polar surface area (TPSA) is 96.0 Å². The number of phenolic OH excluding ortho intramolecular Hbond substituents is 2. The Kier molecular flexibility index (Phi) is 3.99. The molecule has 0 aromatic heterocycles. The molecule has 0 saturated carbocycles. The normalized spacial score (nSPS) is 10.8. The highest BCUT2D eigenvalue weighted by Crippen LogP contribution is 2.31. The molecule has 0 amide bonds. The van der Waals surface area contributed by atoms with Crippen molar-refractivity contribution in [3.05, 3.63) is 56.5 Å². The molecule has 0 saturated heterocycles. The molecule has 6 nitrogen and oxygen atoms in total. The van der Waals surface area contributed by atoms with Crippen molar-refractivity contribution in [1.82, 2.24) is 0 Å². The summed E-state index contributed by atoms with van der Waals surface area (Å²) in [6.07, 6.45) is 1.36. The minimum Gasteiger partial charge on any atom is -0.504 e. The van der Waals surface area contributed by atoms with Gasteiger partial charge in [0, 0.05) is 28.4 Å². The standard InChI is InChI=1S/C13H9BrN2O4/c14-10-6-9(16(19)20)4-5-11(10)15-7-8-2-1-3-12(17)13(8)18/h1-7,17-18H. The number of halogens is 1. The smallest absolute Gasteiger partial charge is 0.270 e. The Bertz CT molecular complexity index is 701. The van der Waals surface area contributed by atoms with Crippen LogP contribution >= 0.6 is 15.9 Å². The Balaban J connectivity index is 2.32. The van der Waals surface area contributed by atoms with Crippen molar-refractivity contribution in [2.75, 3.05) is 0 Å². The van der Waals surface area contributed by atoms with Crippen molar-refractivity contribution in [2.45, 2.75) is 0 Å². The van der Waals surface area contributed by atoms with E-state index in [0.29, 0.717) is 15.7 Å². The highest BCUT2D eigenvalue weighted by molar-refractivity contribution is 9.10. The van der Waals surface area contributed by atoms with Crippen molar-refractivity contribution in [3.63, 3.8) is 0 Å². The molecule has 0 bridgehead atoms. The lowest BCUT2D eigenvalue weighted by molar-refractivity contribution is -0.384. The first-order valence-electron chi connectivity index (χ1n) is 5.48. The first-order valence-corrected chi connectivity index (χ1v) is 6.27. The van der Waals surface area contributed by atoms with Crippen LogP contribution in [-0.2, 0) is 0 Å². The number of benzene rings is 2. The first-order chi connectivity index (χ1) is 9.49. The number of aromatic hydroxyl groups is 2. The van der Waals surface area contributed by atoms with E-state index < -0.39 is 4.92 Å². The fourth-order valence-electron chi connectivity index (χ4n) is 1.51. The Morgan fingerprint density at radius 3 is 2.65 bits per heavy atom. The lowest BCUT2D eigenvalue weighted by Crippen LogP contribution is -1.87. The first kappa shape index (κ1) is 14.0. The van der Waals surface area contributed by atoms with Gasteiger partial charge in [-0.25, -0.2) is 0 Å². The van der Waals surface area contributed by atoms with E-state index >= 15 is 0 Å². The van der Waals surface area contributed by atoms with Crippen LogP contribution in [0.1, 0.15) is 5.56 Å². The third-order valence-corrected chi connectivity index (χ3v) is 3.17. The van der Waals surface area contributed by atoms with E-state index in [-0.39, 0.29) is 17.2 Å². The third kappa shape index (κ3) is 2.94. The quantitative estimate of drug-likeness (QED) is 0.388. The van der Waals surface area contributed by atoms with Gasteiger partial charge in [0.2, 0.25) is 0 Å². The van der Waals surface area contributed by atoms with Crippen LogP contribution in [0.15, 0.2) is 45.9 Å². The Hall–Kier alpha value is -2.41. The van der Waals surface area contributed by atoms with E-state index in [2.05, 4.69) is 20.9 Å². The molecular weight excluding hydrogens is 328 g/mol. The Morgan fingerprint density at radius 1 is 1.25 bits per heavy atom. The second-order valence-corrected chi connectivity index (χ2v) is 4.72. The van der Waals surface area contributed by atoms with Crippen molar-refractivity contribution >= 4 is 33.5 Å². The molecular formula is C13H9BrN2O4. The molecule has 2 aromatic rings. The molecule has 102 valence electrons. The second-order valence-electron chi connectivity index (χ2n) is 3.87. The van der Waals surface area contributed by atoms with Gasteiger partial charge in [0.15, 0.2) is 11.5 Å². The number of rotatable bonds is 3. The summed E-state index contributed by atoms with van der Waals surface area (Å²) in [4.78, 5) is 14.2. The van der Waals surface area contributed by atoms with E-state index in [0.717, 1.165) is 0 Å². The maximum Gasteiger partial charge on any atom is 0.270 e. The van der Waals surface area contributed by atoms with Gasteiger partial charge in [-0.05, 0) is 34.1 Å². The monoisotopic (exact) mass is 336 g/mol. The second kappa shape index (κ2) is 5.70. The van der Waals surface area contributed by atoms with Gasteiger partial charge in [0.05, 0.1) is 10.6 Å². The molecule has 7 heteroatoms. The molecule has 2 N–H and O–H groups in total. The molecule has 0 radical (unpaired) electrons. The Labute approximate surface area is 122 Å². The van der Waals surface area contributed by atoms with Crippen LogP contribution in [0.3, 0.4) is 0 Å². The van der Waals surface area contributed by atoms with Crippen molar-refractivity contribution < 1.29 is 15.1 Å². The van der Waals surface area contributed by atoms with E-state index in [1.54, 1.807) is 12.1 Å². The Morgan fingerprint density at radius 2 is 2.00 bits per heavy atom. The molecule has 20 heavy (non-hydrogen) atoms. The third-order valence-electron chi connectivity index (χ3n) is 2.53. The van der Waals surface area contributed by atoms with Crippen LogP contribution in [0.2, 0.25) is 0 Å². The van der Waals surface area contributed by atoms with Crippen molar-refractivity contribution in [3.8, 4) is 11.5 Å². The van der Waals surface area contributed by atoms with Gasteiger partial charge < -0.3 is 10.2 Å². The number of nitro groups is 1. The molecule has 0 unspecified atom stereocenters. The maximum absolute atomic E-state index is 10.6. The van der Waals surface area contributed by atoms with Crippen LogP contribution in [0.4, 0.5) is 11.4 Å². The maximum atomic E-state index is 10.6. The lowest BCUT2D eigenvalue weighted by atomic mass is 10.2. The van der Waals surface area contributed by atoms with Gasteiger partial charge >= 0.3 is 0 Å². The van der Waals surface area contributed by atoms with Gasteiger partial charge in [-0.3, -0.25) is 15.1 Å². The van der Waals surface area contributed by atoms with Gasteiger partial charge in [0.1, 0.15) is 0 Å². The summed E-state index contributed by atoms with van der Waals surface area (Å²) >= 11 is 3.19. The van der Waals surface area contributed by atoms with Gasteiger partial charge in [-0.2, -0.15) is 0 Å². The average molecular weight is 337 g/mol. The predicted octanol–water partition coefficient (Wildman–Crippen LogP) is 3.52. The molecule has 0 heterocycles. The summed E-state index contributed by atoms with van der Waals surface area (Å²) in [7, 11) is 0. The van der Waals surface area contributed by atoms with Crippen LogP contribution < -0.4 is 0 Å². The summed E-state index contributed by atoms with van der Waals surface area (Å²) in [6, 6.07) is 8.67. The SMILES string of the molecule is O=[N+]([O-])c1ccc(N=Cc2cccc(O)c2O)c(Br)c1. The number of para-hydroxylation sites is 1. The molecule has 0 atom stereocenters. The van der Waals surface area contributed by atoms with Gasteiger partial charge in [-0.1, -0.05) is 6.07 Å². The molecule has 2 aromatic carbocycles.